The highest BCUT2D eigenvalue weighted by Gasteiger charge is 2.36. The van der Waals surface area contributed by atoms with E-state index in [-0.39, 0.29) is 18.1 Å². The van der Waals surface area contributed by atoms with Crippen LogP contribution in [0, 0.1) is 0 Å². The lowest BCUT2D eigenvalue weighted by atomic mass is 10.2. The summed E-state index contributed by atoms with van der Waals surface area (Å²) in [6.07, 6.45) is 2.46. The second kappa shape index (κ2) is 9.05. The van der Waals surface area contributed by atoms with Crippen molar-refractivity contribution in [1.29, 1.82) is 0 Å². The van der Waals surface area contributed by atoms with E-state index in [0.717, 1.165) is 27.6 Å². The number of imide groups is 1. The molecule has 0 spiro atoms. The molecule has 0 saturated carbocycles. The van der Waals surface area contributed by atoms with Crippen LogP contribution in [-0.4, -0.2) is 41.8 Å². The van der Waals surface area contributed by atoms with Crippen LogP contribution in [0.4, 0.5) is 4.79 Å². The third kappa shape index (κ3) is 5.09. The zero-order valence-corrected chi connectivity index (χ0v) is 16.3. The number of thioether (sulfide) groups is 1. The summed E-state index contributed by atoms with van der Waals surface area (Å²) in [6, 6.07) is 5.45. The summed E-state index contributed by atoms with van der Waals surface area (Å²) in [5.41, 5.74) is 0.685. The highest BCUT2D eigenvalue weighted by molar-refractivity contribution is 9.10. The number of hydrogen-bond acceptors (Lipinski definition) is 6. The maximum absolute atomic E-state index is 12.4. The van der Waals surface area contributed by atoms with Gasteiger partial charge in [0.2, 0.25) is 0 Å². The van der Waals surface area contributed by atoms with Crippen molar-refractivity contribution in [2.24, 2.45) is 0 Å². The number of esters is 1. The minimum Gasteiger partial charge on any atom is -0.493 e. The summed E-state index contributed by atoms with van der Waals surface area (Å²) in [6.45, 7) is 4.03. The zero-order chi connectivity index (χ0) is 18.4. The van der Waals surface area contributed by atoms with Crippen LogP contribution >= 0.6 is 27.7 Å². The van der Waals surface area contributed by atoms with E-state index < -0.39 is 17.1 Å². The lowest BCUT2D eigenvalue weighted by Crippen LogP contribution is -2.34. The van der Waals surface area contributed by atoms with E-state index in [4.69, 9.17) is 9.47 Å². The number of carbonyl (C=O) groups excluding carboxylic acids is 3. The van der Waals surface area contributed by atoms with Crippen LogP contribution in [0.25, 0.3) is 6.08 Å². The number of hydrogen-bond donors (Lipinski definition) is 0. The smallest absolute Gasteiger partial charge is 0.326 e. The van der Waals surface area contributed by atoms with Crippen LogP contribution in [-0.2, 0) is 14.3 Å². The minimum atomic E-state index is -0.611. The third-order valence-corrected chi connectivity index (χ3v) is 4.59. The molecule has 0 bridgehead atoms. The van der Waals surface area contributed by atoms with E-state index in [1.165, 1.54) is 0 Å². The summed E-state index contributed by atoms with van der Waals surface area (Å²) >= 11 is 4.18. The normalized spacial score (nSPS) is 15.8. The molecular weight excluding hydrogens is 410 g/mol. The largest absolute Gasteiger partial charge is 0.493 e. The monoisotopic (exact) mass is 427 g/mol. The van der Waals surface area contributed by atoms with Crippen LogP contribution in [0.15, 0.2) is 27.6 Å². The quantitative estimate of drug-likeness (QED) is 0.486. The van der Waals surface area contributed by atoms with Crippen molar-refractivity contribution in [3.8, 4) is 5.75 Å². The average Bonchev–Trinajstić information content (AvgIpc) is 2.82. The van der Waals surface area contributed by atoms with Crippen molar-refractivity contribution in [1.82, 2.24) is 4.90 Å². The average molecular weight is 428 g/mol. The second-order valence-electron chi connectivity index (χ2n) is 5.10. The molecule has 0 atom stereocenters. The van der Waals surface area contributed by atoms with E-state index in [0.29, 0.717) is 17.9 Å². The summed E-state index contributed by atoms with van der Waals surface area (Å²) in [4.78, 5) is 37.1. The second-order valence-corrected chi connectivity index (χ2v) is 7.01. The standard InChI is InChI=1S/C17H18BrNO5S/c1-3-7-24-13-6-5-12(18)8-11(13)9-14-16(21)19(17(22)25-14)10-15(20)23-4-2/h5-6,8-9H,3-4,7,10H2,1-2H3/b14-9-. The molecule has 0 radical (unpaired) electrons. The Balaban J connectivity index is 2.24. The number of benzene rings is 1. The van der Waals surface area contributed by atoms with E-state index in [2.05, 4.69) is 15.9 Å². The van der Waals surface area contributed by atoms with Crippen LogP contribution in [0.1, 0.15) is 25.8 Å². The fourth-order valence-electron chi connectivity index (χ4n) is 2.09. The van der Waals surface area contributed by atoms with Crippen molar-refractivity contribution in [2.75, 3.05) is 19.8 Å². The molecular formula is C17H18BrNO5S. The van der Waals surface area contributed by atoms with Crippen LogP contribution in [0.5, 0.6) is 5.75 Å². The molecule has 6 nitrogen and oxygen atoms in total. The summed E-state index contributed by atoms with van der Waals surface area (Å²) in [7, 11) is 0. The SMILES string of the molecule is CCCOc1ccc(Br)cc1/C=C1\SC(=O)N(CC(=O)OCC)C1=O. The predicted octanol–water partition coefficient (Wildman–Crippen LogP) is 3.84. The molecule has 1 fully saturated rings. The number of rotatable bonds is 7. The van der Waals surface area contributed by atoms with E-state index in [1.807, 2.05) is 19.1 Å². The molecule has 1 aromatic rings. The minimum absolute atomic E-state index is 0.195. The Hall–Kier alpha value is -1.80. The molecule has 1 aliphatic heterocycles. The van der Waals surface area contributed by atoms with Crippen molar-refractivity contribution < 1.29 is 23.9 Å². The van der Waals surface area contributed by atoms with Gasteiger partial charge in [-0.2, -0.15) is 0 Å². The predicted molar refractivity (Wildman–Crippen MR) is 99.2 cm³/mol. The molecule has 8 heteroatoms. The van der Waals surface area contributed by atoms with Crippen LogP contribution in [0.3, 0.4) is 0 Å². The molecule has 2 amide bonds. The maximum atomic E-state index is 12.4. The molecule has 134 valence electrons. The van der Waals surface area contributed by atoms with Gasteiger partial charge in [-0.05, 0) is 49.4 Å². The van der Waals surface area contributed by atoms with Gasteiger partial charge in [-0.1, -0.05) is 22.9 Å². The molecule has 0 N–H and O–H groups in total. The first-order valence-corrected chi connectivity index (χ1v) is 9.40. The van der Waals surface area contributed by atoms with Gasteiger partial charge in [-0.15, -0.1) is 0 Å². The Morgan fingerprint density at radius 2 is 2.08 bits per heavy atom. The van der Waals surface area contributed by atoms with Gasteiger partial charge in [0.1, 0.15) is 12.3 Å². The highest BCUT2D eigenvalue weighted by Crippen LogP contribution is 2.34. The summed E-state index contributed by atoms with van der Waals surface area (Å²) in [5.74, 6) is -0.493. The third-order valence-electron chi connectivity index (χ3n) is 3.19. The van der Waals surface area contributed by atoms with Gasteiger partial charge in [-0.3, -0.25) is 19.3 Å². The van der Waals surface area contributed by atoms with Gasteiger partial charge in [-0.25, -0.2) is 0 Å². The van der Waals surface area contributed by atoms with Gasteiger partial charge in [0.15, 0.2) is 0 Å². The Labute approximate surface area is 158 Å². The molecule has 0 unspecified atom stereocenters. The summed E-state index contributed by atoms with van der Waals surface area (Å²) in [5, 5.41) is -0.490. The molecule has 1 heterocycles. The molecule has 25 heavy (non-hydrogen) atoms. The first kappa shape index (κ1) is 19.5. The maximum Gasteiger partial charge on any atom is 0.326 e. The van der Waals surface area contributed by atoms with E-state index in [1.54, 1.807) is 19.1 Å². The number of ether oxygens (including phenoxy) is 2. The molecule has 0 aliphatic carbocycles. The molecule has 1 aromatic carbocycles. The summed E-state index contributed by atoms with van der Waals surface area (Å²) < 4.78 is 11.3. The molecule has 1 saturated heterocycles. The Bertz CT molecular complexity index is 719. The van der Waals surface area contributed by atoms with Crippen LogP contribution < -0.4 is 4.74 Å². The van der Waals surface area contributed by atoms with Gasteiger partial charge in [0, 0.05) is 10.0 Å². The van der Waals surface area contributed by atoms with Crippen molar-refractivity contribution >= 4 is 50.9 Å². The Morgan fingerprint density at radius 1 is 1.32 bits per heavy atom. The van der Waals surface area contributed by atoms with Crippen molar-refractivity contribution in [3.05, 3.63) is 33.1 Å². The number of halogens is 1. The molecule has 1 aliphatic rings. The highest BCUT2D eigenvalue weighted by atomic mass is 79.9. The van der Waals surface area contributed by atoms with E-state index in [9.17, 15) is 14.4 Å². The lowest BCUT2D eigenvalue weighted by Gasteiger charge is -2.11. The van der Waals surface area contributed by atoms with Gasteiger partial charge in [0.25, 0.3) is 11.1 Å². The fourth-order valence-corrected chi connectivity index (χ4v) is 3.30. The Morgan fingerprint density at radius 3 is 2.76 bits per heavy atom. The topological polar surface area (TPSA) is 72.9 Å². The molecule has 2 rings (SSSR count). The van der Waals surface area contributed by atoms with Crippen molar-refractivity contribution in [2.45, 2.75) is 20.3 Å². The number of nitrogens with zero attached hydrogens (tertiary/aromatic N) is 1. The number of amides is 2. The van der Waals surface area contributed by atoms with Gasteiger partial charge >= 0.3 is 5.97 Å². The van der Waals surface area contributed by atoms with Crippen LogP contribution in [0.2, 0.25) is 0 Å². The number of carbonyl (C=O) groups is 3. The fraction of sp³-hybridized carbons (Fsp3) is 0.353. The zero-order valence-electron chi connectivity index (χ0n) is 13.9. The van der Waals surface area contributed by atoms with E-state index >= 15 is 0 Å². The van der Waals surface area contributed by atoms with Gasteiger partial charge < -0.3 is 9.47 Å². The molecule has 0 aromatic heterocycles. The lowest BCUT2D eigenvalue weighted by molar-refractivity contribution is -0.145. The van der Waals surface area contributed by atoms with Gasteiger partial charge in [0.05, 0.1) is 18.1 Å². The first-order chi connectivity index (χ1) is 12.0. The van der Waals surface area contributed by atoms with Crippen molar-refractivity contribution in [3.63, 3.8) is 0 Å². The first-order valence-electron chi connectivity index (χ1n) is 7.79. The Kier molecular flexibility index (Phi) is 7.07.